The molecule has 2 N–H and O–H groups in total. The van der Waals surface area contributed by atoms with Crippen molar-refractivity contribution in [1.82, 2.24) is 5.32 Å². The monoisotopic (exact) mass is 176 g/mol. The van der Waals surface area contributed by atoms with Gasteiger partial charge in [0.1, 0.15) is 0 Å². The summed E-state index contributed by atoms with van der Waals surface area (Å²) < 4.78 is 0. The quantitative estimate of drug-likeness (QED) is 0.683. The smallest absolute Gasteiger partial charge is 0.0376 e. The highest BCUT2D eigenvalue weighted by Crippen LogP contribution is 2.30. The van der Waals surface area contributed by atoms with Gasteiger partial charge in [0, 0.05) is 25.8 Å². The lowest BCUT2D eigenvalue weighted by molar-refractivity contribution is 0.572. The summed E-state index contributed by atoms with van der Waals surface area (Å²) in [5.41, 5.74) is 4.21. The lowest BCUT2D eigenvalue weighted by Crippen LogP contribution is -2.27. The molecule has 2 nitrogen and oxygen atoms in total. The van der Waals surface area contributed by atoms with Crippen LogP contribution in [0, 0.1) is 0 Å². The van der Waals surface area contributed by atoms with E-state index in [9.17, 15) is 0 Å². The Balaban J connectivity index is 2.50. The first-order chi connectivity index (χ1) is 6.33. The Hall–Kier alpha value is -1.02. The van der Waals surface area contributed by atoms with Gasteiger partial charge in [-0.05, 0) is 23.1 Å². The van der Waals surface area contributed by atoms with Crippen molar-refractivity contribution in [3.8, 4) is 0 Å². The van der Waals surface area contributed by atoms with Gasteiger partial charge in [-0.2, -0.15) is 0 Å². The van der Waals surface area contributed by atoms with Gasteiger partial charge in [0.15, 0.2) is 0 Å². The van der Waals surface area contributed by atoms with Gasteiger partial charge in [-0.1, -0.05) is 19.1 Å². The van der Waals surface area contributed by atoms with E-state index in [0.29, 0.717) is 5.92 Å². The van der Waals surface area contributed by atoms with Crippen LogP contribution in [0.2, 0.25) is 0 Å². The predicted octanol–water partition coefficient (Wildman–Crippen LogP) is 1.93. The van der Waals surface area contributed by atoms with Gasteiger partial charge in [0.2, 0.25) is 0 Å². The standard InChI is InChI=1S/C11H16N2/c1-8-6-13-7-9-4-3-5-10(12-2)11(8)9/h3-5,8,12-13H,6-7H2,1-2H3. The molecule has 2 heteroatoms. The third-order valence-electron chi connectivity index (χ3n) is 2.72. The SMILES string of the molecule is CNc1cccc2c1C(C)CNC2. The van der Waals surface area contributed by atoms with Crippen LogP contribution in [-0.2, 0) is 6.54 Å². The van der Waals surface area contributed by atoms with Crippen molar-refractivity contribution in [2.75, 3.05) is 18.9 Å². The molecule has 13 heavy (non-hydrogen) atoms. The second-order valence-corrected chi connectivity index (χ2v) is 3.66. The molecule has 0 saturated heterocycles. The van der Waals surface area contributed by atoms with Crippen molar-refractivity contribution in [2.45, 2.75) is 19.4 Å². The van der Waals surface area contributed by atoms with Crippen molar-refractivity contribution >= 4 is 5.69 Å². The molecule has 1 aromatic carbocycles. The number of benzene rings is 1. The number of fused-ring (bicyclic) bond motifs is 1. The lowest BCUT2D eigenvalue weighted by atomic mass is 9.91. The first-order valence-corrected chi connectivity index (χ1v) is 4.83. The fraction of sp³-hybridized carbons (Fsp3) is 0.455. The lowest BCUT2D eigenvalue weighted by Gasteiger charge is -2.25. The normalized spacial score (nSPS) is 20.9. The van der Waals surface area contributed by atoms with Crippen molar-refractivity contribution < 1.29 is 0 Å². The van der Waals surface area contributed by atoms with Crippen LogP contribution >= 0.6 is 0 Å². The molecule has 1 heterocycles. The molecule has 1 aliphatic rings. The van der Waals surface area contributed by atoms with Gasteiger partial charge in [-0.3, -0.25) is 0 Å². The molecule has 70 valence electrons. The maximum Gasteiger partial charge on any atom is 0.0376 e. The zero-order valence-electron chi connectivity index (χ0n) is 8.22. The Morgan fingerprint density at radius 1 is 1.46 bits per heavy atom. The highest BCUT2D eigenvalue weighted by atomic mass is 14.9. The Morgan fingerprint density at radius 3 is 3.08 bits per heavy atom. The summed E-state index contributed by atoms with van der Waals surface area (Å²) in [6.07, 6.45) is 0. The fourth-order valence-electron chi connectivity index (χ4n) is 2.09. The Labute approximate surface area is 79.4 Å². The van der Waals surface area contributed by atoms with Gasteiger partial charge < -0.3 is 10.6 Å². The zero-order chi connectivity index (χ0) is 9.26. The molecule has 0 saturated carbocycles. The average molecular weight is 176 g/mol. The fourth-order valence-corrected chi connectivity index (χ4v) is 2.09. The molecular weight excluding hydrogens is 160 g/mol. The molecule has 0 amide bonds. The van der Waals surface area contributed by atoms with E-state index >= 15 is 0 Å². The molecule has 0 aromatic heterocycles. The Kier molecular flexibility index (Phi) is 2.23. The molecular formula is C11H16N2. The highest BCUT2D eigenvalue weighted by Gasteiger charge is 2.18. The van der Waals surface area contributed by atoms with E-state index in [-0.39, 0.29) is 0 Å². The molecule has 1 aromatic rings. The molecule has 2 rings (SSSR count). The van der Waals surface area contributed by atoms with Crippen molar-refractivity contribution in [1.29, 1.82) is 0 Å². The summed E-state index contributed by atoms with van der Waals surface area (Å²) in [5.74, 6) is 0.618. The van der Waals surface area contributed by atoms with Crippen LogP contribution < -0.4 is 10.6 Å². The summed E-state index contributed by atoms with van der Waals surface area (Å²) in [6.45, 7) is 4.37. The average Bonchev–Trinajstić information content (AvgIpc) is 2.17. The van der Waals surface area contributed by atoms with E-state index in [1.165, 1.54) is 16.8 Å². The predicted molar refractivity (Wildman–Crippen MR) is 56.1 cm³/mol. The van der Waals surface area contributed by atoms with E-state index in [2.05, 4.69) is 35.8 Å². The molecule has 0 bridgehead atoms. The van der Waals surface area contributed by atoms with Gasteiger partial charge in [0.25, 0.3) is 0 Å². The second-order valence-electron chi connectivity index (χ2n) is 3.66. The van der Waals surface area contributed by atoms with Gasteiger partial charge in [-0.25, -0.2) is 0 Å². The topological polar surface area (TPSA) is 24.1 Å². The first-order valence-electron chi connectivity index (χ1n) is 4.83. The highest BCUT2D eigenvalue weighted by molar-refractivity contribution is 5.56. The molecule has 1 atom stereocenters. The van der Waals surface area contributed by atoms with Crippen molar-refractivity contribution in [3.05, 3.63) is 29.3 Å². The minimum atomic E-state index is 0.618. The van der Waals surface area contributed by atoms with Crippen LogP contribution in [0.4, 0.5) is 5.69 Å². The molecule has 0 spiro atoms. The van der Waals surface area contributed by atoms with Crippen LogP contribution in [0.3, 0.4) is 0 Å². The number of hydrogen-bond donors (Lipinski definition) is 2. The summed E-state index contributed by atoms with van der Waals surface area (Å²) in [4.78, 5) is 0. The Morgan fingerprint density at radius 2 is 2.31 bits per heavy atom. The van der Waals surface area contributed by atoms with Crippen LogP contribution in [0.5, 0.6) is 0 Å². The van der Waals surface area contributed by atoms with Crippen molar-refractivity contribution in [3.63, 3.8) is 0 Å². The van der Waals surface area contributed by atoms with E-state index in [0.717, 1.165) is 13.1 Å². The summed E-state index contributed by atoms with van der Waals surface area (Å²) in [6, 6.07) is 6.48. The molecule has 0 radical (unpaired) electrons. The van der Waals surface area contributed by atoms with Gasteiger partial charge >= 0.3 is 0 Å². The maximum absolute atomic E-state index is 3.41. The number of rotatable bonds is 1. The summed E-state index contributed by atoms with van der Waals surface area (Å²) >= 11 is 0. The third-order valence-corrected chi connectivity index (χ3v) is 2.72. The van der Waals surface area contributed by atoms with E-state index in [1.54, 1.807) is 0 Å². The second kappa shape index (κ2) is 3.38. The Bertz CT molecular complexity index is 293. The van der Waals surface area contributed by atoms with Crippen LogP contribution in [0.25, 0.3) is 0 Å². The van der Waals surface area contributed by atoms with Crippen LogP contribution in [0.1, 0.15) is 24.0 Å². The van der Waals surface area contributed by atoms with Crippen LogP contribution in [-0.4, -0.2) is 13.6 Å². The summed E-state index contributed by atoms with van der Waals surface area (Å²) in [7, 11) is 1.99. The minimum Gasteiger partial charge on any atom is -0.388 e. The maximum atomic E-state index is 3.41. The molecule has 1 unspecified atom stereocenters. The molecule has 1 aliphatic heterocycles. The van der Waals surface area contributed by atoms with Gasteiger partial charge in [-0.15, -0.1) is 0 Å². The zero-order valence-corrected chi connectivity index (χ0v) is 8.22. The number of hydrogen-bond acceptors (Lipinski definition) is 2. The molecule has 0 fully saturated rings. The largest absolute Gasteiger partial charge is 0.388 e. The van der Waals surface area contributed by atoms with Crippen molar-refractivity contribution in [2.24, 2.45) is 0 Å². The van der Waals surface area contributed by atoms with Crippen LogP contribution in [0.15, 0.2) is 18.2 Å². The third kappa shape index (κ3) is 1.42. The minimum absolute atomic E-state index is 0.618. The molecule has 0 aliphatic carbocycles. The van der Waals surface area contributed by atoms with E-state index in [1.807, 2.05) is 7.05 Å². The number of nitrogens with one attached hydrogen (secondary N) is 2. The first kappa shape index (κ1) is 8.57. The van der Waals surface area contributed by atoms with E-state index < -0.39 is 0 Å². The summed E-state index contributed by atoms with van der Waals surface area (Å²) in [5, 5.41) is 6.67. The van der Waals surface area contributed by atoms with E-state index in [4.69, 9.17) is 0 Å². The van der Waals surface area contributed by atoms with Gasteiger partial charge in [0.05, 0.1) is 0 Å². The number of anilines is 1.